The van der Waals surface area contributed by atoms with Gasteiger partial charge in [0.05, 0.1) is 17.6 Å². The minimum atomic E-state index is -0.355. The van der Waals surface area contributed by atoms with Gasteiger partial charge >= 0.3 is 0 Å². The van der Waals surface area contributed by atoms with Gasteiger partial charge in [0.1, 0.15) is 5.69 Å². The molecule has 0 aliphatic carbocycles. The highest BCUT2D eigenvalue weighted by Gasteiger charge is 2.30. The maximum absolute atomic E-state index is 12.7. The Morgan fingerprint density at radius 3 is 2.77 bits per heavy atom. The third-order valence-corrected chi connectivity index (χ3v) is 4.54. The van der Waals surface area contributed by atoms with Crippen LogP contribution < -0.4 is 5.56 Å². The highest BCUT2D eigenvalue weighted by atomic mass is 16.5. The monoisotopic (exact) mass is 349 g/mol. The molecule has 1 aromatic heterocycles. The standard InChI is InChI=1S/C20H19N3O3/c24-18(23-12-13-26-20(23)14-6-2-1-3-7-14)11-10-17-19(25)22-16-9-5-4-8-15(16)21-17/h1-9,20H,10-13H2,(H,22,25). The number of aromatic nitrogens is 2. The summed E-state index contributed by atoms with van der Waals surface area (Å²) >= 11 is 0. The number of benzene rings is 2. The van der Waals surface area contributed by atoms with Crippen LogP contribution >= 0.6 is 0 Å². The molecule has 1 N–H and O–H groups in total. The van der Waals surface area contributed by atoms with Gasteiger partial charge in [-0.3, -0.25) is 9.59 Å². The van der Waals surface area contributed by atoms with Crippen LogP contribution in [-0.4, -0.2) is 33.9 Å². The zero-order chi connectivity index (χ0) is 17.9. The van der Waals surface area contributed by atoms with Gasteiger partial charge in [-0.2, -0.15) is 0 Å². The van der Waals surface area contributed by atoms with E-state index in [0.29, 0.717) is 30.8 Å². The highest BCUT2D eigenvalue weighted by molar-refractivity contribution is 5.77. The molecule has 2 heterocycles. The average molecular weight is 349 g/mol. The SMILES string of the molecule is O=C(CCc1nc2ccccc2[nH]c1=O)N1CCOC1c1ccccc1. The van der Waals surface area contributed by atoms with Gasteiger partial charge < -0.3 is 14.6 Å². The number of hydrogen-bond acceptors (Lipinski definition) is 4. The molecule has 0 saturated carbocycles. The molecule has 1 aliphatic heterocycles. The number of para-hydroxylation sites is 2. The fourth-order valence-electron chi connectivity index (χ4n) is 3.23. The number of carbonyl (C=O) groups is 1. The lowest BCUT2D eigenvalue weighted by Crippen LogP contribution is -2.31. The molecule has 6 heteroatoms. The molecule has 1 aliphatic rings. The normalized spacial score (nSPS) is 16.9. The van der Waals surface area contributed by atoms with Crippen molar-refractivity contribution in [2.75, 3.05) is 13.2 Å². The summed E-state index contributed by atoms with van der Waals surface area (Å²) in [5.74, 6) is -0.0364. The fourth-order valence-corrected chi connectivity index (χ4v) is 3.23. The second-order valence-electron chi connectivity index (χ2n) is 6.25. The van der Waals surface area contributed by atoms with Crippen molar-refractivity contribution in [2.24, 2.45) is 0 Å². The molecule has 132 valence electrons. The number of H-pyrrole nitrogens is 1. The lowest BCUT2D eigenvalue weighted by atomic mass is 10.1. The number of aromatic amines is 1. The van der Waals surface area contributed by atoms with Gasteiger partial charge in [-0.05, 0) is 12.1 Å². The average Bonchev–Trinajstić information content (AvgIpc) is 3.17. The van der Waals surface area contributed by atoms with Crippen LogP contribution in [0.5, 0.6) is 0 Å². The zero-order valence-corrected chi connectivity index (χ0v) is 14.2. The summed E-state index contributed by atoms with van der Waals surface area (Å²) in [6, 6.07) is 17.1. The van der Waals surface area contributed by atoms with Gasteiger partial charge in [-0.1, -0.05) is 42.5 Å². The van der Waals surface area contributed by atoms with Crippen molar-refractivity contribution in [3.8, 4) is 0 Å². The molecule has 1 amide bonds. The summed E-state index contributed by atoms with van der Waals surface area (Å²) in [5.41, 5.74) is 2.52. The van der Waals surface area contributed by atoms with Crippen LogP contribution in [0.4, 0.5) is 0 Å². The van der Waals surface area contributed by atoms with Crippen molar-refractivity contribution >= 4 is 16.9 Å². The predicted molar refractivity (Wildman–Crippen MR) is 97.5 cm³/mol. The molecule has 6 nitrogen and oxygen atoms in total. The quantitative estimate of drug-likeness (QED) is 0.785. The van der Waals surface area contributed by atoms with Crippen LogP contribution in [0.15, 0.2) is 59.4 Å². The van der Waals surface area contributed by atoms with Gasteiger partial charge in [0, 0.05) is 24.9 Å². The van der Waals surface area contributed by atoms with Crippen molar-refractivity contribution in [3.05, 3.63) is 76.2 Å². The molecule has 1 unspecified atom stereocenters. The van der Waals surface area contributed by atoms with E-state index in [9.17, 15) is 9.59 Å². The van der Waals surface area contributed by atoms with E-state index in [1.807, 2.05) is 54.6 Å². The fraction of sp³-hybridized carbons (Fsp3) is 0.250. The number of hydrogen-bond donors (Lipinski definition) is 1. The van der Waals surface area contributed by atoms with Crippen molar-refractivity contribution < 1.29 is 9.53 Å². The maximum atomic E-state index is 12.7. The summed E-state index contributed by atoms with van der Waals surface area (Å²) in [6.45, 7) is 1.07. The Kier molecular flexibility index (Phi) is 4.50. The molecule has 0 bridgehead atoms. The van der Waals surface area contributed by atoms with Gasteiger partial charge in [-0.15, -0.1) is 0 Å². The lowest BCUT2D eigenvalue weighted by Gasteiger charge is -2.23. The molecular weight excluding hydrogens is 330 g/mol. The van der Waals surface area contributed by atoms with E-state index in [1.165, 1.54) is 0 Å². The van der Waals surface area contributed by atoms with E-state index in [2.05, 4.69) is 9.97 Å². The van der Waals surface area contributed by atoms with Crippen molar-refractivity contribution in [3.63, 3.8) is 0 Å². The first kappa shape index (κ1) is 16.5. The summed E-state index contributed by atoms with van der Waals surface area (Å²) in [5, 5.41) is 0. The molecule has 1 saturated heterocycles. The number of aryl methyl sites for hydroxylation is 1. The maximum Gasteiger partial charge on any atom is 0.270 e. The molecule has 4 rings (SSSR count). The van der Waals surface area contributed by atoms with Crippen LogP contribution in [0.1, 0.15) is 23.9 Å². The highest BCUT2D eigenvalue weighted by Crippen LogP contribution is 2.27. The summed E-state index contributed by atoms with van der Waals surface area (Å²) in [7, 11) is 0. The first-order chi connectivity index (χ1) is 12.7. The van der Waals surface area contributed by atoms with Crippen LogP contribution in [0, 0.1) is 0 Å². The van der Waals surface area contributed by atoms with Gasteiger partial charge in [0.25, 0.3) is 5.56 Å². The lowest BCUT2D eigenvalue weighted by molar-refractivity contribution is -0.136. The van der Waals surface area contributed by atoms with Gasteiger partial charge in [0.15, 0.2) is 6.23 Å². The topological polar surface area (TPSA) is 75.3 Å². The summed E-state index contributed by atoms with van der Waals surface area (Å²) < 4.78 is 5.73. The Hall–Kier alpha value is -2.99. The van der Waals surface area contributed by atoms with Crippen molar-refractivity contribution in [2.45, 2.75) is 19.1 Å². The first-order valence-electron chi connectivity index (χ1n) is 8.66. The van der Waals surface area contributed by atoms with Gasteiger partial charge in [0.2, 0.25) is 5.91 Å². The molecule has 1 fully saturated rings. The Bertz CT molecular complexity index is 984. The number of fused-ring (bicyclic) bond motifs is 1. The smallest absolute Gasteiger partial charge is 0.270 e. The molecule has 26 heavy (non-hydrogen) atoms. The Morgan fingerprint density at radius 2 is 1.92 bits per heavy atom. The van der Waals surface area contributed by atoms with Crippen LogP contribution in [-0.2, 0) is 16.0 Å². The van der Waals surface area contributed by atoms with Crippen molar-refractivity contribution in [1.29, 1.82) is 0 Å². The Morgan fingerprint density at radius 1 is 1.15 bits per heavy atom. The van der Waals surface area contributed by atoms with Crippen molar-refractivity contribution in [1.82, 2.24) is 14.9 Å². The first-order valence-corrected chi connectivity index (χ1v) is 8.66. The summed E-state index contributed by atoms with van der Waals surface area (Å²) in [6.07, 6.45) is 0.171. The van der Waals surface area contributed by atoms with E-state index in [4.69, 9.17) is 4.74 Å². The third kappa shape index (κ3) is 3.23. The second-order valence-corrected chi connectivity index (χ2v) is 6.25. The van der Waals surface area contributed by atoms with E-state index in [-0.39, 0.29) is 24.1 Å². The largest absolute Gasteiger partial charge is 0.352 e. The third-order valence-electron chi connectivity index (χ3n) is 4.54. The minimum absolute atomic E-state index is 0.0364. The van der Waals surface area contributed by atoms with Crippen LogP contribution in [0.25, 0.3) is 11.0 Å². The molecule has 3 aromatic rings. The number of carbonyl (C=O) groups excluding carboxylic acids is 1. The molecule has 0 spiro atoms. The van der Waals surface area contributed by atoms with E-state index in [0.717, 1.165) is 11.1 Å². The Balaban J connectivity index is 1.48. The molecule has 2 aromatic carbocycles. The van der Waals surface area contributed by atoms with E-state index >= 15 is 0 Å². The number of amides is 1. The zero-order valence-electron chi connectivity index (χ0n) is 14.2. The summed E-state index contributed by atoms with van der Waals surface area (Å²) in [4.78, 5) is 33.8. The predicted octanol–water partition coefficient (Wildman–Crippen LogP) is 2.41. The molecule has 0 radical (unpaired) electrons. The van der Waals surface area contributed by atoms with Gasteiger partial charge in [-0.25, -0.2) is 4.98 Å². The molecular formula is C20H19N3O3. The van der Waals surface area contributed by atoms with E-state index < -0.39 is 0 Å². The Labute approximate surface area is 150 Å². The van der Waals surface area contributed by atoms with Crippen LogP contribution in [0.2, 0.25) is 0 Å². The number of rotatable bonds is 4. The second kappa shape index (κ2) is 7.09. The minimum Gasteiger partial charge on any atom is -0.352 e. The molecule has 1 atom stereocenters. The number of ether oxygens (including phenoxy) is 1. The van der Waals surface area contributed by atoms with E-state index in [1.54, 1.807) is 4.90 Å². The number of nitrogens with one attached hydrogen (secondary N) is 1. The number of nitrogens with zero attached hydrogens (tertiary/aromatic N) is 2. The van der Waals surface area contributed by atoms with Crippen LogP contribution in [0.3, 0.4) is 0 Å².